The van der Waals surface area contributed by atoms with Gasteiger partial charge in [0.15, 0.2) is 0 Å². The fourth-order valence-corrected chi connectivity index (χ4v) is 3.85. The van der Waals surface area contributed by atoms with Crippen molar-refractivity contribution in [2.24, 2.45) is 0 Å². The Labute approximate surface area is 94.8 Å². The first-order valence-corrected chi connectivity index (χ1v) is 7.70. The monoisotopic (exact) mass is 232 g/mol. The van der Waals surface area contributed by atoms with E-state index in [2.05, 4.69) is 6.58 Å². The van der Waals surface area contributed by atoms with Crippen molar-refractivity contribution in [2.45, 2.75) is 46.3 Å². The predicted octanol–water partition coefficient (Wildman–Crippen LogP) is 3.00. The van der Waals surface area contributed by atoms with E-state index in [1.807, 2.05) is 40.3 Å². The van der Waals surface area contributed by atoms with Crippen LogP contribution in [0.25, 0.3) is 0 Å². The first-order valence-electron chi connectivity index (χ1n) is 5.48. The molecule has 0 saturated carbocycles. The van der Waals surface area contributed by atoms with E-state index >= 15 is 0 Å². The Morgan fingerprint density at radius 1 is 1.20 bits per heavy atom. The summed E-state index contributed by atoms with van der Waals surface area (Å²) in [6.07, 6.45) is 2.64. The Kier molecular flexibility index (Phi) is 6.36. The molecular weight excluding hydrogens is 208 g/mol. The number of hydrogen-bond donors (Lipinski definition) is 0. The minimum Gasteiger partial charge on any atom is -0.374 e. The van der Waals surface area contributed by atoms with Crippen LogP contribution in [0.4, 0.5) is 0 Å². The summed E-state index contributed by atoms with van der Waals surface area (Å²) < 4.78 is 17.2. The maximum Gasteiger partial charge on any atom is 0.498 e. The van der Waals surface area contributed by atoms with Gasteiger partial charge in [0.1, 0.15) is 0 Å². The lowest BCUT2D eigenvalue weighted by Gasteiger charge is -2.34. The maximum atomic E-state index is 5.97. The zero-order chi connectivity index (χ0) is 11.9. The lowest BCUT2D eigenvalue weighted by molar-refractivity contribution is -0.00369. The van der Waals surface area contributed by atoms with Crippen LogP contribution >= 0.6 is 0 Å². The van der Waals surface area contributed by atoms with Crippen LogP contribution in [0.1, 0.15) is 34.1 Å². The summed E-state index contributed by atoms with van der Waals surface area (Å²) >= 11 is 0. The van der Waals surface area contributed by atoms with Crippen LogP contribution in [0.3, 0.4) is 0 Å². The summed E-state index contributed by atoms with van der Waals surface area (Å²) in [4.78, 5) is 0. The van der Waals surface area contributed by atoms with E-state index in [-0.39, 0.29) is 5.60 Å². The second-order valence-electron chi connectivity index (χ2n) is 4.08. The molecule has 0 aromatic heterocycles. The molecule has 0 rings (SSSR count). The van der Waals surface area contributed by atoms with E-state index in [0.717, 1.165) is 6.42 Å². The third-order valence-electron chi connectivity index (χ3n) is 1.91. The van der Waals surface area contributed by atoms with Crippen molar-refractivity contribution in [1.29, 1.82) is 0 Å². The van der Waals surface area contributed by atoms with Crippen molar-refractivity contribution in [2.75, 3.05) is 13.2 Å². The molecule has 0 aromatic carbocycles. The van der Waals surface area contributed by atoms with Gasteiger partial charge in [-0.05, 0) is 34.1 Å². The molecule has 0 atom stereocenters. The van der Waals surface area contributed by atoms with Gasteiger partial charge in [-0.3, -0.25) is 0 Å². The van der Waals surface area contributed by atoms with Gasteiger partial charge in [0.25, 0.3) is 0 Å². The van der Waals surface area contributed by atoms with Gasteiger partial charge >= 0.3 is 8.80 Å². The zero-order valence-electron chi connectivity index (χ0n) is 10.6. The quantitative estimate of drug-likeness (QED) is 0.475. The van der Waals surface area contributed by atoms with Crippen molar-refractivity contribution in [1.82, 2.24) is 0 Å². The van der Waals surface area contributed by atoms with Crippen molar-refractivity contribution >= 4 is 8.80 Å². The standard InChI is InChI=1S/C11H24O3Si/c1-7-10-11(4,5)14-15(6,12-8-2)13-9-3/h7H,1,8-10H2,2-6H3. The molecule has 0 saturated heterocycles. The van der Waals surface area contributed by atoms with E-state index in [1.54, 1.807) is 0 Å². The molecule has 0 spiro atoms. The molecule has 4 heteroatoms. The van der Waals surface area contributed by atoms with Gasteiger partial charge in [-0.2, -0.15) is 0 Å². The van der Waals surface area contributed by atoms with E-state index in [4.69, 9.17) is 13.3 Å². The lowest BCUT2D eigenvalue weighted by atomic mass is 10.1. The first-order chi connectivity index (χ1) is 6.89. The van der Waals surface area contributed by atoms with E-state index in [9.17, 15) is 0 Å². The lowest BCUT2D eigenvalue weighted by Crippen LogP contribution is -2.48. The van der Waals surface area contributed by atoms with E-state index < -0.39 is 8.80 Å². The fraction of sp³-hybridized carbons (Fsp3) is 0.818. The second kappa shape index (κ2) is 6.43. The van der Waals surface area contributed by atoms with E-state index in [1.165, 1.54) is 0 Å². The molecule has 0 heterocycles. The van der Waals surface area contributed by atoms with Crippen LogP contribution in [-0.4, -0.2) is 27.6 Å². The molecule has 0 unspecified atom stereocenters. The second-order valence-corrected chi connectivity index (χ2v) is 6.59. The normalized spacial score (nSPS) is 12.9. The minimum absolute atomic E-state index is 0.271. The largest absolute Gasteiger partial charge is 0.498 e. The van der Waals surface area contributed by atoms with Gasteiger partial charge in [0.2, 0.25) is 0 Å². The Hall–Kier alpha value is -0.163. The molecule has 0 bridgehead atoms. The highest BCUT2D eigenvalue weighted by Crippen LogP contribution is 2.22. The molecule has 0 aliphatic heterocycles. The van der Waals surface area contributed by atoms with Crippen LogP contribution in [0, 0.1) is 0 Å². The maximum absolute atomic E-state index is 5.97. The van der Waals surface area contributed by atoms with Crippen LogP contribution in [-0.2, 0) is 13.3 Å². The molecule has 90 valence electrons. The molecular formula is C11H24O3Si. The topological polar surface area (TPSA) is 27.7 Å². The molecule has 0 N–H and O–H groups in total. The summed E-state index contributed by atoms with van der Waals surface area (Å²) in [5.74, 6) is 0. The molecule has 0 aromatic rings. The van der Waals surface area contributed by atoms with Gasteiger partial charge in [-0.25, -0.2) is 0 Å². The number of hydrogen-bond acceptors (Lipinski definition) is 3. The molecule has 0 amide bonds. The zero-order valence-corrected chi connectivity index (χ0v) is 11.6. The van der Waals surface area contributed by atoms with Gasteiger partial charge in [-0.1, -0.05) is 6.08 Å². The van der Waals surface area contributed by atoms with Crippen molar-refractivity contribution in [3.05, 3.63) is 12.7 Å². The average Bonchev–Trinajstić information content (AvgIpc) is 2.02. The average molecular weight is 232 g/mol. The molecule has 0 aliphatic carbocycles. The summed E-state index contributed by atoms with van der Waals surface area (Å²) in [5.41, 5.74) is -0.271. The predicted molar refractivity (Wildman–Crippen MR) is 64.8 cm³/mol. The Morgan fingerprint density at radius 2 is 1.67 bits per heavy atom. The van der Waals surface area contributed by atoms with Crippen molar-refractivity contribution in [3.8, 4) is 0 Å². The SMILES string of the molecule is C=CCC(C)(C)O[Si](C)(OCC)OCC. The van der Waals surface area contributed by atoms with Crippen LogP contribution in [0.5, 0.6) is 0 Å². The Bertz CT molecular complexity index is 186. The highest BCUT2D eigenvalue weighted by molar-refractivity contribution is 6.59. The molecule has 0 aliphatic rings. The van der Waals surface area contributed by atoms with Crippen molar-refractivity contribution < 1.29 is 13.3 Å². The van der Waals surface area contributed by atoms with Crippen LogP contribution < -0.4 is 0 Å². The van der Waals surface area contributed by atoms with Gasteiger partial charge in [0, 0.05) is 19.8 Å². The fourth-order valence-electron chi connectivity index (χ4n) is 1.52. The highest BCUT2D eigenvalue weighted by atomic mass is 28.4. The molecule has 15 heavy (non-hydrogen) atoms. The summed E-state index contributed by atoms with van der Waals surface area (Å²) in [7, 11) is -2.47. The van der Waals surface area contributed by atoms with Gasteiger partial charge < -0.3 is 13.3 Å². The molecule has 3 nitrogen and oxygen atoms in total. The van der Waals surface area contributed by atoms with Gasteiger partial charge in [-0.15, -0.1) is 6.58 Å². The summed E-state index contributed by atoms with van der Waals surface area (Å²) in [6.45, 7) is 14.8. The third kappa shape index (κ3) is 6.09. The smallest absolute Gasteiger partial charge is 0.374 e. The molecule has 0 radical (unpaired) electrons. The molecule has 0 fully saturated rings. The Morgan fingerprint density at radius 3 is 2.00 bits per heavy atom. The summed E-state index contributed by atoms with van der Waals surface area (Å²) in [6, 6.07) is 0. The highest BCUT2D eigenvalue weighted by Gasteiger charge is 2.39. The van der Waals surface area contributed by atoms with Crippen LogP contribution in [0.2, 0.25) is 6.55 Å². The minimum atomic E-state index is -2.47. The third-order valence-corrected chi connectivity index (χ3v) is 4.46. The van der Waals surface area contributed by atoms with E-state index in [0.29, 0.717) is 13.2 Å². The van der Waals surface area contributed by atoms with Gasteiger partial charge in [0.05, 0.1) is 5.60 Å². The summed E-state index contributed by atoms with van der Waals surface area (Å²) in [5, 5.41) is 0. The number of rotatable bonds is 8. The first kappa shape index (κ1) is 14.8. The Balaban J connectivity index is 4.43. The van der Waals surface area contributed by atoms with Crippen LogP contribution in [0.15, 0.2) is 12.7 Å². The van der Waals surface area contributed by atoms with Crippen molar-refractivity contribution in [3.63, 3.8) is 0 Å².